The first-order valence-electron chi connectivity index (χ1n) is 9.44. The largest absolute Gasteiger partial charge is 0.487 e. The molecule has 0 radical (unpaired) electrons. The third kappa shape index (κ3) is 5.81. The van der Waals surface area contributed by atoms with Crippen molar-refractivity contribution in [2.24, 2.45) is 4.99 Å². The Morgan fingerprint density at radius 3 is 2.66 bits per heavy atom. The van der Waals surface area contributed by atoms with Crippen molar-refractivity contribution >= 4 is 35.6 Å². The number of halogens is 1. The number of nitrogens with zero attached hydrogens (tertiary/aromatic N) is 2. The number of aliphatic imine (C=N–C) groups is 1. The summed E-state index contributed by atoms with van der Waals surface area (Å²) in [6.07, 6.45) is 0.778. The van der Waals surface area contributed by atoms with Gasteiger partial charge in [0.25, 0.3) is 5.69 Å². The molecule has 3 rings (SSSR count). The van der Waals surface area contributed by atoms with Crippen LogP contribution in [0.5, 0.6) is 5.75 Å². The van der Waals surface area contributed by atoms with Crippen molar-refractivity contribution in [1.82, 2.24) is 10.6 Å². The number of rotatable bonds is 5. The van der Waals surface area contributed by atoms with E-state index in [1.54, 1.807) is 18.2 Å². The van der Waals surface area contributed by atoms with E-state index in [4.69, 9.17) is 4.74 Å². The maximum Gasteiger partial charge on any atom is 0.274 e. The minimum atomic E-state index is -0.373. The molecule has 0 bridgehead atoms. The topological polar surface area (TPSA) is 88.8 Å². The van der Waals surface area contributed by atoms with Crippen molar-refractivity contribution in [2.75, 3.05) is 6.54 Å². The summed E-state index contributed by atoms with van der Waals surface area (Å²) in [7, 11) is 0. The number of ether oxygens (including phenoxy) is 1. The molecule has 2 aromatic carbocycles. The minimum Gasteiger partial charge on any atom is -0.487 e. The second kappa shape index (κ2) is 9.91. The van der Waals surface area contributed by atoms with Crippen LogP contribution in [0.4, 0.5) is 5.69 Å². The molecule has 8 heteroatoms. The molecule has 0 saturated carbocycles. The van der Waals surface area contributed by atoms with Gasteiger partial charge in [-0.3, -0.25) is 10.1 Å². The number of guanidine groups is 1. The maximum absolute atomic E-state index is 11.2. The normalized spacial score (nSPS) is 17.3. The van der Waals surface area contributed by atoms with Crippen LogP contribution in [0.2, 0.25) is 0 Å². The molecule has 1 unspecified atom stereocenters. The molecule has 2 N–H and O–H groups in total. The third-order valence-corrected chi connectivity index (χ3v) is 4.63. The lowest BCUT2D eigenvalue weighted by Gasteiger charge is -2.38. The fraction of sp³-hybridized carbons (Fsp3) is 0.381. The van der Waals surface area contributed by atoms with Crippen molar-refractivity contribution in [2.45, 2.75) is 45.4 Å². The van der Waals surface area contributed by atoms with E-state index in [9.17, 15) is 10.1 Å². The van der Waals surface area contributed by atoms with E-state index in [0.717, 1.165) is 17.7 Å². The lowest BCUT2D eigenvalue weighted by atomic mass is 9.90. The fourth-order valence-corrected chi connectivity index (χ4v) is 3.40. The molecule has 0 saturated heterocycles. The van der Waals surface area contributed by atoms with E-state index in [-0.39, 0.29) is 52.8 Å². The summed E-state index contributed by atoms with van der Waals surface area (Å²) in [4.78, 5) is 15.4. The van der Waals surface area contributed by atoms with Crippen molar-refractivity contribution in [3.63, 3.8) is 0 Å². The monoisotopic (exact) mass is 510 g/mol. The van der Waals surface area contributed by atoms with Gasteiger partial charge in [-0.25, -0.2) is 4.99 Å². The molecule has 156 valence electrons. The number of para-hydroxylation sites is 2. The summed E-state index contributed by atoms with van der Waals surface area (Å²) in [6, 6.07) is 14.7. The van der Waals surface area contributed by atoms with Crippen molar-refractivity contribution in [1.29, 1.82) is 0 Å². The van der Waals surface area contributed by atoms with Gasteiger partial charge in [0.05, 0.1) is 23.1 Å². The molecule has 1 atom stereocenters. The zero-order chi connectivity index (χ0) is 20.1. The molecule has 0 amide bonds. The number of fused-ring (bicyclic) bond motifs is 1. The van der Waals surface area contributed by atoms with Crippen molar-refractivity contribution < 1.29 is 9.66 Å². The number of hydrogen-bond donors (Lipinski definition) is 2. The Morgan fingerprint density at radius 1 is 1.24 bits per heavy atom. The first kappa shape index (κ1) is 22.9. The zero-order valence-electron chi connectivity index (χ0n) is 16.8. The number of benzene rings is 2. The molecule has 0 aliphatic carbocycles. The summed E-state index contributed by atoms with van der Waals surface area (Å²) in [6.45, 7) is 7.03. The smallest absolute Gasteiger partial charge is 0.274 e. The summed E-state index contributed by atoms with van der Waals surface area (Å²) in [5, 5.41) is 17.9. The van der Waals surface area contributed by atoms with Crippen LogP contribution in [0.15, 0.2) is 53.5 Å². The van der Waals surface area contributed by atoms with Crippen molar-refractivity contribution in [3.05, 3.63) is 69.8 Å². The predicted octanol–water partition coefficient (Wildman–Crippen LogP) is 4.57. The average Bonchev–Trinajstić information content (AvgIpc) is 2.65. The molecule has 2 aromatic rings. The first-order valence-corrected chi connectivity index (χ1v) is 9.44. The average molecular weight is 510 g/mol. The molecular weight excluding hydrogens is 483 g/mol. The summed E-state index contributed by atoms with van der Waals surface area (Å²) in [5.74, 6) is 1.49. The van der Waals surface area contributed by atoms with Gasteiger partial charge in [-0.1, -0.05) is 36.4 Å². The standard InChI is InChI=1S/C21H26N4O3.HI/c1-4-22-20(23-14-15-9-5-7-11-18(15)25(26)27)24-17-13-21(2,3)28-19-12-8-6-10-16(17)19;/h5-12,17H,4,13-14H2,1-3H3,(H2,22,23,24);1H. The first-order chi connectivity index (χ1) is 13.4. The number of nitro benzene ring substituents is 1. The molecule has 29 heavy (non-hydrogen) atoms. The Morgan fingerprint density at radius 2 is 1.93 bits per heavy atom. The quantitative estimate of drug-likeness (QED) is 0.202. The van der Waals surface area contributed by atoms with Crippen LogP contribution >= 0.6 is 24.0 Å². The third-order valence-electron chi connectivity index (χ3n) is 4.63. The van der Waals surface area contributed by atoms with Crippen molar-refractivity contribution in [3.8, 4) is 5.75 Å². The van der Waals surface area contributed by atoms with Gasteiger partial charge >= 0.3 is 0 Å². The Kier molecular flexibility index (Phi) is 7.83. The van der Waals surface area contributed by atoms with Gasteiger partial charge in [-0.05, 0) is 26.8 Å². The van der Waals surface area contributed by atoms with E-state index in [1.807, 2.05) is 31.2 Å². The molecule has 1 heterocycles. The SMILES string of the molecule is CCNC(=NCc1ccccc1[N+](=O)[O-])NC1CC(C)(C)Oc2ccccc21.I. The molecule has 0 spiro atoms. The maximum atomic E-state index is 11.2. The van der Waals surface area contributed by atoms with Crippen LogP contribution in [0.3, 0.4) is 0 Å². The van der Waals surface area contributed by atoms with Crippen LogP contribution in [0, 0.1) is 10.1 Å². The van der Waals surface area contributed by atoms with Gasteiger partial charge in [0, 0.05) is 24.6 Å². The number of nitro groups is 1. The van der Waals surface area contributed by atoms with E-state index < -0.39 is 0 Å². The van der Waals surface area contributed by atoms with Gasteiger partial charge < -0.3 is 15.4 Å². The summed E-state index contributed by atoms with van der Waals surface area (Å²) in [5.41, 5.74) is 1.44. The molecule has 7 nitrogen and oxygen atoms in total. The molecular formula is C21H27IN4O3. The van der Waals surface area contributed by atoms with Crippen LogP contribution in [-0.4, -0.2) is 23.0 Å². The van der Waals surface area contributed by atoms with Gasteiger partial charge in [-0.15, -0.1) is 24.0 Å². The highest BCUT2D eigenvalue weighted by molar-refractivity contribution is 14.0. The lowest BCUT2D eigenvalue weighted by molar-refractivity contribution is -0.385. The Bertz CT molecular complexity index is 886. The second-order valence-electron chi connectivity index (χ2n) is 7.38. The number of hydrogen-bond acceptors (Lipinski definition) is 4. The zero-order valence-corrected chi connectivity index (χ0v) is 19.2. The Balaban J connectivity index is 0.00000300. The molecule has 0 fully saturated rings. The summed E-state index contributed by atoms with van der Waals surface area (Å²) < 4.78 is 6.09. The second-order valence-corrected chi connectivity index (χ2v) is 7.38. The lowest BCUT2D eigenvalue weighted by Crippen LogP contribution is -2.45. The van der Waals surface area contributed by atoms with Crippen LogP contribution in [-0.2, 0) is 6.54 Å². The van der Waals surface area contributed by atoms with E-state index >= 15 is 0 Å². The molecule has 1 aliphatic rings. The molecule has 0 aromatic heterocycles. The van der Waals surface area contributed by atoms with E-state index in [0.29, 0.717) is 18.1 Å². The highest BCUT2D eigenvalue weighted by Crippen LogP contribution is 2.39. The highest BCUT2D eigenvalue weighted by atomic mass is 127. The number of nitrogens with one attached hydrogen (secondary N) is 2. The highest BCUT2D eigenvalue weighted by Gasteiger charge is 2.34. The fourth-order valence-electron chi connectivity index (χ4n) is 3.40. The van der Waals surface area contributed by atoms with Gasteiger partial charge in [0.15, 0.2) is 5.96 Å². The van der Waals surface area contributed by atoms with Crippen LogP contribution in [0.25, 0.3) is 0 Å². The van der Waals surface area contributed by atoms with Crippen LogP contribution in [0.1, 0.15) is 44.4 Å². The molecule has 1 aliphatic heterocycles. The minimum absolute atomic E-state index is 0. The van der Waals surface area contributed by atoms with Gasteiger partial charge in [-0.2, -0.15) is 0 Å². The van der Waals surface area contributed by atoms with E-state index in [2.05, 4.69) is 29.5 Å². The van der Waals surface area contributed by atoms with Gasteiger partial charge in [0.2, 0.25) is 0 Å². The van der Waals surface area contributed by atoms with Gasteiger partial charge in [0.1, 0.15) is 11.4 Å². The van der Waals surface area contributed by atoms with Crippen LogP contribution < -0.4 is 15.4 Å². The Labute approximate surface area is 188 Å². The Hall–Kier alpha value is -2.36. The van der Waals surface area contributed by atoms with E-state index in [1.165, 1.54) is 6.07 Å². The predicted molar refractivity (Wildman–Crippen MR) is 125 cm³/mol. The summed E-state index contributed by atoms with van der Waals surface area (Å²) >= 11 is 0.